The zero-order valence-corrected chi connectivity index (χ0v) is 13.5. The molecule has 0 amide bonds. The molecule has 0 aliphatic heterocycles. The van der Waals surface area contributed by atoms with Crippen molar-refractivity contribution < 1.29 is 15.3 Å². The molecule has 0 saturated heterocycles. The van der Waals surface area contributed by atoms with Crippen LogP contribution < -0.4 is 0 Å². The summed E-state index contributed by atoms with van der Waals surface area (Å²) in [5, 5.41) is 26.7. The van der Waals surface area contributed by atoms with Gasteiger partial charge < -0.3 is 19.9 Å². The lowest BCUT2D eigenvalue weighted by molar-refractivity contribution is -0.127. The van der Waals surface area contributed by atoms with Crippen LogP contribution >= 0.6 is 11.6 Å². The summed E-state index contributed by atoms with van der Waals surface area (Å²) in [4.78, 5) is 8.28. The molecule has 1 aliphatic rings. The molecule has 2 atom stereocenters. The third-order valence-corrected chi connectivity index (χ3v) is 3.93. The van der Waals surface area contributed by atoms with Crippen LogP contribution in [0.5, 0.6) is 0 Å². The summed E-state index contributed by atoms with van der Waals surface area (Å²) >= 11 is 6.03. The molecule has 1 fully saturated rings. The predicted molar refractivity (Wildman–Crippen MR) is 84.5 cm³/mol. The van der Waals surface area contributed by atoms with Crippen molar-refractivity contribution in [3.63, 3.8) is 0 Å². The summed E-state index contributed by atoms with van der Waals surface area (Å²) in [6.45, 7) is 2.88. The first-order valence-corrected chi connectivity index (χ1v) is 7.70. The van der Waals surface area contributed by atoms with E-state index in [0.29, 0.717) is 17.1 Å². The summed E-state index contributed by atoms with van der Waals surface area (Å²) in [5.41, 5.74) is 0.897. The van der Waals surface area contributed by atoms with E-state index in [4.69, 9.17) is 21.8 Å². The lowest BCUT2D eigenvalue weighted by Crippen LogP contribution is -2.15. The molecule has 6 nitrogen and oxygen atoms in total. The Kier molecular flexibility index (Phi) is 5.39. The van der Waals surface area contributed by atoms with Crippen molar-refractivity contribution >= 4 is 22.6 Å². The van der Waals surface area contributed by atoms with Gasteiger partial charge in [0.2, 0.25) is 0 Å². The number of aromatic nitrogens is 3. The van der Waals surface area contributed by atoms with Crippen LogP contribution in [0.1, 0.15) is 39.2 Å². The van der Waals surface area contributed by atoms with E-state index in [1.807, 2.05) is 12.3 Å². The van der Waals surface area contributed by atoms with Crippen molar-refractivity contribution in [3.05, 3.63) is 23.7 Å². The maximum atomic E-state index is 9.18. The van der Waals surface area contributed by atoms with E-state index in [0.717, 1.165) is 30.3 Å². The van der Waals surface area contributed by atoms with Gasteiger partial charge in [-0.05, 0) is 45.1 Å². The smallest absolute Gasteiger partial charge is 0.156 e. The SMILES string of the molecule is CC(C)(O)O.OCC1CCC(n2ccc3c(Cl)ncnc32)C1. The van der Waals surface area contributed by atoms with Gasteiger partial charge in [-0.25, -0.2) is 9.97 Å². The highest BCUT2D eigenvalue weighted by molar-refractivity contribution is 6.33. The van der Waals surface area contributed by atoms with Crippen LogP contribution in [0, 0.1) is 5.92 Å². The van der Waals surface area contributed by atoms with E-state index in [1.165, 1.54) is 20.2 Å². The quantitative estimate of drug-likeness (QED) is 0.580. The number of aliphatic hydroxyl groups is 3. The zero-order valence-electron chi connectivity index (χ0n) is 12.8. The first-order valence-electron chi connectivity index (χ1n) is 7.32. The van der Waals surface area contributed by atoms with Crippen LogP contribution in [0.4, 0.5) is 0 Å². The highest BCUT2D eigenvalue weighted by Crippen LogP contribution is 2.36. The minimum Gasteiger partial charge on any atom is -0.396 e. The average molecular weight is 328 g/mol. The lowest BCUT2D eigenvalue weighted by Gasteiger charge is -2.13. The molecule has 2 unspecified atom stereocenters. The molecule has 1 saturated carbocycles. The Hall–Kier alpha value is -1.21. The molecule has 2 aromatic rings. The summed E-state index contributed by atoms with van der Waals surface area (Å²) < 4.78 is 2.17. The molecule has 2 aromatic heterocycles. The molecule has 3 rings (SSSR count). The second-order valence-electron chi connectivity index (χ2n) is 6.13. The van der Waals surface area contributed by atoms with Crippen molar-refractivity contribution in [2.45, 2.75) is 44.9 Å². The van der Waals surface area contributed by atoms with Crippen molar-refractivity contribution in [2.75, 3.05) is 6.61 Å². The van der Waals surface area contributed by atoms with Crippen molar-refractivity contribution in [1.29, 1.82) is 0 Å². The second kappa shape index (κ2) is 6.91. The fourth-order valence-corrected chi connectivity index (χ4v) is 2.89. The van der Waals surface area contributed by atoms with Crippen molar-refractivity contribution in [2.24, 2.45) is 5.92 Å². The molecule has 0 aromatic carbocycles. The summed E-state index contributed by atoms with van der Waals surface area (Å²) in [5.74, 6) is -1.07. The van der Waals surface area contributed by atoms with E-state index < -0.39 is 5.79 Å². The first kappa shape index (κ1) is 17.1. The Morgan fingerprint density at radius 2 is 2.00 bits per heavy atom. The maximum absolute atomic E-state index is 9.18. The predicted octanol–water partition coefficient (Wildman–Crippen LogP) is 2.13. The first-order chi connectivity index (χ1) is 10.3. The van der Waals surface area contributed by atoms with Gasteiger partial charge in [0, 0.05) is 18.8 Å². The number of hydrogen-bond acceptors (Lipinski definition) is 5. The minimum absolute atomic E-state index is 0.283. The Bertz CT molecular complexity index is 618. The van der Waals surface area contributed by atoms with Crippen LogP contribution in [-0.2, 0) is 0 Å². The van der Waals surface area contributed by atoms with Gasteiger partial charge in [0.15, 0.2) is 5.79 Å². The van der Waals surface area contributed by atoms with Gasteiger partial charge in [0.05, 0.1) is 5.39 Å². The van der Waals surface area contributed by atoms with Gasteiger partial charge in [-0.1, -0.05) is 11.6 Å². The molecule has 0 bridgehead atoms. The molecule has 122 valence electrons. The fraction of sp³-hybridized carbons (Fsp3) is 0.600. The number of fused-ring (bicyclic) bond motifs is 1. The Balaban J connectivity index is 0.000000309. The van der Waals surface area contributed by atoms with E-state index in [-0.39, 0.29) is 6.61 Å². The van der Waals surface area contributed by atoms with Crippen molar-refractivity contribution in [1.82, 2.24) is 14.5 Å². The van der Waals surface area contributed by atoms with Crippen LogP contribution in [0.3, 0.4) is 0 Å². The van der Waals surface area contributed by atoms with E-state index >= 15 is 0 Å². The van der Waals surface area contributed by atoms with Gasteiger partial charge >= 0.3 is 0 Å². The third kappa shape index (κ3) is 4.39. The zero-order chi connectivity index (χ0) is 16.3. The number of halogens is 1. The molecule has 1 aliphatic carbocycles. The molecule has 7 heteroatoms. The van der Waals surface area contributed by atoms with Gasteiger partial charge in [-0.15, -0.1) is 0 Å². The summed E-state index contributed by atoms with van der Waals surface area (Å²) in [7, 11) is 0. The third-order valence-electron chi connectivity index (χ3n) is 3.63. The van der Waals surface area contributed by atoms with Crippen LogP contribution in [0.15, 0.2) is 18.6 Å². The largest absolute Gasteiger partial charge is 0.396 e. The summed E-state index contributed by atoms with van der Waals surface area (Å²) in [6, 6.07) is 2.39. The Labute approximate surface area is 134 Å². The Morgan fingerprint density at radius 1 is 1.32 bits per heavy atom. The molecular weight excluding hydrogens is 306 g/mol. The number of aliphatic hydroxyl groups excluding tert-OH is 1. The number of rotatable bonds is 2. The van der Waals surface area contributed by atoms with E-state index in [9.17, 15) is 5.11 Å². The van der Waals surface area contributed by atoms with Gasteiger partial charge in [-0.3, -0.25) is 0 Å². The lowest BCUT2D eigenvalue weighted by atomic mass is 10.1. The van der Waals surface area contributed by atoms with Gasteiger partial charge in [0.25, 0.3) is 0 Å². The van der Waals surface area contributed by atoms with Gasteiger partial charge in [-0.2, -0.15) is 0 Å². The van der Waals surface area contributed by atoms with Crippen LogP contribution in [-0.4, -0.2) is 42.2 Å². The standard InChI is InChI=1S/C12H14ClN3O.C3H8O2/c13-11-10-3-4-16(12(10)15-7-14-11)9-2-1-8(5-9)6-17;1-3(2,4)5/h3-4,7-9,17H,1-2,5-6H2;4-5H,1-2H3. The highest BCUT2D eigenvalue weighted by Gasteiger charge is 2.26. The monoisotopic (exact) mass is 327 g/mol. The van der Waals surface area contributed by atoms with E-state index in [2.05, 4.69) is 14.5 Å². The Morgan fingerprint density at radius 3 is 2.59 bits per heavy atom. The molecule has 0 spiro atoms. The minimum atomic E-state index is -1.50. The average Bonchev–Trinajstić information content (AvgIpc) is 3.02. The molecule has 0 radical (unpaired) electrons. The molecule has 3 N–H and O–H groups in total. The second-order valence-corrected chi connectivity index (χ2v) is 6.49. The molecular formula is C15H22ClN3O3. The molecule has 22 heavy (non-hydrogen) atoms. The van der Waals surface area contributed by atoms with Crippen molar-refractivity contribution in [3.8, 4) is 0 Å². The topological polar surface area (TPSA) is 91.4 Å². The maximum Gasteiger partial charge on any atom is 0.156 e. The normalized spacial score (nSPS) is 21.7. The molecule has 2 heterocycles. The van der Waals surface area contributed by atoms with Gasteiger partial charge in [0.1, 0.15) is 17.1 Å². The van der Waals surface area contributed by atoms with Crippen LogP contribution in [0.25, 0.3) is 11.0 Å². The van der Waals surface area contributed by atoms with E-state index in [1.54, 1.807) is 0 Å². The van der Waals surface area contributed by atoms with Crippen LogP contribution in [0.2, 0.25) is 5.15 Å². The fourth-order valence-electron chi connectivity index (χ4n) is 2.70. The number of hydrogen-bond donors (Lipinski definition) is 3. The highest BCUT2D eigenvalue weighted by atomic mass is 35.5. The number of nitrogens with zero attached hydrogens (tertiary/aromatic N) is 3. The summed E-state index contributed by atoms with van der Waals surface area (Å²) in [6.07, 6.45) is 6.72.